The number of aliphatic hydroxyl groups excluding tert-OH is 5. The first-order chi connectivity index (χ1) is 6.07. The summed E-state index contributed by atoms with van der Waals surface area (Å²) >= 11 is 0. The van der Waals surface area contributed by atoms with Crippen molar-refractivity contribution in [1.29, 1.82) is 0 Å². The van der Waals surface area contributed by atoms with Crippen molar-refractivity contribution in [1.82, 2.24) is 0 Å². The second-order valence-electron chi connectivity index (χ2n) is 3.19. The SMILES string of the molecule is OCC1(CO)OCC(O)[C@H](O)C1O. The van der Waals surface area contributed by atoms with Crippen LogP contribution in [0.15, 0.2) is 0 Å². The average Bonchev–Trinajstić information content (AvgIpc) is 2.16. The van der Waals surface area contributed by atoms with Gasteiger partial charge in [-0.25, -0.2) is 0 Å². The Labute approximate surface area is 75.0 Å². The summed E-state index contributed by atoms with van der Waals surface area (Å²) in [5.41, 5.74) is -1.57. The molecule has 78 valence electrons. The van der Waals surface area contributed by atoms with E-state index in [1.807, 2.05) is 0 Å². The molecule has 0 bridgehead atoms. The first-order valence-corrected chi connectivity index (χ1v) is 3.97. The van der Waals surface area contributed by atoms with Crippen LogP contribution in [0.3, 0.4) is 0 Å². The summed E-state index contributed by atoms with van der Waals surface area (Å²) in [7, 11) is 0. The fraction of sp³-hybridized carbons (Fsp3) is 1.00. The van der Waals surface area contributed by atoms with Crippen LogP contribution in [-0.4, -0.2) is 69.3 Å². The zero-order valence-corrected chi connectivity index (χ0v) is 7.00. The summed E-state index contributed by atoms with van der Waals surface area (Å²) in [6.45, 7) is -1.46. The monoisotopic (exact) mass is 194 g/mol. The first kappa shape index (κ1) is 10.8. The highest BCUT2D eigenvalue weighted by Crippen LogP contribution is 2.25. The molecule has 0 spiro atoms. The lowest BCUT2D eigenvalue weighted by molar-refractivity contribution is -0.257. The van der Waals surface area contributed by atoms with Crippen molar-refractivity contribution in [2.75, 3.05) is 19.8 Å². The van der Waals surface area contributed by atoms with Gasteiger partial charge in [0.1, 0.15) is 23.9 Å². The van der Waals surface area contributed by atoms with Gasteiger partial charge in [-0.05, 0) is 0 Å². The minimum Gasteiger partial charge on any atom is -0.393 e. The molecular formula is C7H14O6. The number of hydrogen-bond donors (Lipinski definition) is 5. The summed E-state index contributed by atoms with van der Waals surface area (Å²) in [6.07, 6.45) is -4.10. The van der Waals surface area contributed by atoms with E-state index in [9.17, 15) is 10.2 Å². The zero-order chi connectivity index (χ0) is 10.1. The Morgan fingerprint density at radius 1 is 1.15 bits per heavy atom. The molecule has 1 heterocycles. The van der Waals surface area contributed by atoms with Gasteiger partial charge in [0.2, 0.25) is 0 Å². The van der Waals surface area contributed by atoms with Crippen LogP contribution in [0.2, 0.25) is 0 Å². The van der Waals surface area contributed by atoms with E-state index in [0.717, 1.165) is 0 Å². The third-order valence-corrected chi connectivity index (χ3v) is 2.33. The zero-order valence-electron chi connectivity index (χ0n) is 7.00. The fourth-order valence-corrected chi connectivity index (χ4v) is 1.29. The number of hydrogen-bond acceptors (Lipinski definition) is 6. The summed E-state index contributed by atoms with van der Waals surface area (Å²) in [4.78, 5) is 0. The lowest BCUT2D eigenvalue weighted by atomic mass is 9.88. The number of aliphatic hydroxyl groups is 5. The Hall–Kier alpha value is -0.240. The Bertz CT molecular complexity index is 168. The van der Waals surface area contributed by atoms with Gasteiger partial charge in [-0.1, -0.05) is 0 Å². The van der Waals surface area contributed by atoms with Gasteiger partial charge in [0, 0.05) is 0 Å². The fourth-order valence-electron chi connectivity index (χ4n) is 1.29. The minimum absolute atomic E-state index is 0.223. The third-order valence-electron chi connectivity index (χ3n) is 2.33. The molecule has 1 rings (SSSR count). The van der Waals surface area contributed by atoms with E-state index in [0.29, 0.717) is 0 Å². The van der Waals surface area contributed by atoms with Gasteiger partial charge in [-0.15, -0.1) is 0 Å². The van der Waals surface area contributed by atoms with E-state index in [1.54, 1.807) is 0 Å². The highest BCUT2D eigenvalue weighted by Gasteiger charge is 2.48. The van der Waals surface area contributed by atoms with Gasteiger partial charge < -0.3 is 30.3 Å². The molecule has 6 nitrogen and oxygen atoms in total. The first-order valence-electron chi connectivity index (χ1n) is 3.97. The molecule has 2 unspecified atom stereocenters. The van der Waals surface area contributed by atoms with Gasteiger partial charge in [0.05, 0.1) is 19.8 Å². The van der Waals surface area contributed by atoms with Crippen LogP contribution in [0, 0.1) is 0 Å². The molecule has 0 aromatic heterocycles. The second-order valence-corrected chi connectivity index (χ2v) is 3.19. The molecular weight excluding hydrogens is 180 g/mol. The molecule has 0 saturated carbocycles. The van der Waals surface area contributed by atoms with E-state index < -0.39 is 37.1 Å². The maximum Gasteiger partial charge on any atom is 0.142 e. The molecule has 0 amide bonds. The van der Waals surface area contributed by atoms with Crippen molar-refractivity contribution < 1.29 is 30.3 Å². The third kappa shape index (κ3) is 1.69. The van der Waals surface area contributed by atoms with Crippen molar-refractivity contribution in [3.63, 3.8) is 0 Å². The van der Waals surface area contributed by atoms with Gasteiger partial charge in [-0.2, -0.15) is 0 Å². The Kier molecular flexibility index (Phi) is 3.23. The quantitative estimate of drug-likeness (QED) is 0.317. The van der Waals surface area contributed by atoms with Gasteiger partial charge in [-0.3, -0.25) is 0 Å². The van der Waals surface area contributed by atoms with Crippen LogP contribution in [0.1, 0.15) is 0 Å². The molecule has 0 aromatic carbocycles. The lowest BCUT2D eigenvalue weighted by Gasteiger charge is -2.43. The van der Waals surface area contributed by atoms with Crippen molar-refractivity contribution in [3.05, 3.63) is 0 Å². The van der Waals surface area contributed by atoms with E-state index in [1.165, 1.54) is 0 Å². The lowest BCUT2D eigenvalue weighted by Crippen LogP contribution is -2.64. The molecule has 1 saturated heterocycles. The molecule has 0 aliphatic carbocycles. The number of rotatable bonds is 2. The largest absolute Gasteiger partial charge is 0.393 e. The van der Waals surface area contributed by atoms with E-state index in [2.05, 4.69) is 0 Å². The highest BCUT2D eigenvalue weighted by molar-refractivity contribution is 4.98. The topological polar surface area (TPSA) is 110 Å². The van der Waals surface area contributed by atoms with Crippen molar-refractivity contribution >= 4 is 0 Å². The Morgan fingerprint density at radius 2 is 1.69 bits per heavy atom. The predicted octanol–water partition coefficient (Wildman–Crippen LogP) is -3.18. The van der Waals surface area contributed by atoms with E-state index >= 15 is 0 Å². The van der Waals surface area contributed by atoms with Crippen LogP contribution in [0.25, 0.3) is 0 Å². The maximum absolute atomic E-state index is 9.40. The van der Waals surface area contributed by atoms with Crippen LogP contribution < -0.4 is 0 Å². The van der Waals surface area contributed by atoms with Crippen LogP contribution in [0.4, 0.5) is 0 Å². The molecule has 6 heteroatoms. The van der Waals surface area contributed by atoms with Crippen molar-refractivity contribution in [2.45, 2.75) is 23.9 Å². The molecule has 5 N–H and O–H groups in total. The van der Waals surface area contributed by atoms with Gasteiger partial charge in [0.25, 0.3) is 0 Å². The predicted molar refractivity (Wildman–Crippen MR) is 40.9 cm³/mol. The molecule has 3 atom stereocenters. The smallest absolute Gasteiger partial charge is 0.142 e. The van der Waals surface area contributed by atoms with Crippen molar-refractivity contribution in [2.24, 2.45) is 0 Å². The van der Waals surface area contributed by atoms with E-state index in [4.69, 9.17) is 20.1 Å². The normalized spacial score (nSPS) is 39.0. The standard InChI is InChI=1S/C7H14O6/c8-2-7(3-9)6(12)5(11)4(10)1-13-7/h4-6,8-12H,1-3H2/t4?,5-,6?/m0/s1. The molecule has 0 radical (unpaired) electrons. The summed E-state index contributed by atoms with van der Waals surface area (Å²) in [6, 6.07) is 0. The summed E-state index contributed by atoms with van der Waals surface area (Å²) in [5, 5.41) is 45.5. The second kappa shape index (κ2) is 3.87. The van der Waals surface area contributed by atoms with Gasteiger partial charge >= 0.3 is 0 Å². The van der Waals surface area contributed by atoms with Gasteiger partial charge in [0.15, 0.2) is 0 Å². The summed E-state index contributed by atoms with van der Waals surface area (Å²) < 4.78 is 4.90. The van der Waals surface area contributed by atoms with Crippen LogP contribution in [0.5, 0.6) is 0 Å². The molecule has 1 aliphatic heterocycles. The molecule has 0 aromatic rings. The Morgan fingerprint density at radius 3 is 2.15 bits per heavy atom. The average molecular weight is 194 g/mol. The maximum atomic E-state index is 9.40. The minimum atomic E-state index is -1.57. The summed E-state index contributed by atoms with van der Waals surface area (Å²) in [5.74, 6) is 0. The van der Waals surface area contributed by atoms with Crippen molar-refractivity contribution in [3.8, 4) is 0 Å². The van der Waals surface area contributed by atoms with E-state index in [-0.39, 0.29) is 6.61 Å². The highest BCUT2D eigenvalue weighted by atomic mass is 16.6. The molecule has 13 heavy (non-hydrogen) atoms. The number of ether oxygens (including phenoxy) is 1. The van der Waals surface area contributed by atoms with Crippen LogP contribution in [-0.2, 0) is 4.74 Å². The van der Waals surface area contributed by atoms with Crippen LogP contribution >= 0.6 is 0 Å². The molecule has 1 aliphatic rings. The Balaban J connectivity index is 2.77. The molecule has 1 fully saturated rings.